The molecule has 26 heavy (non-hydrogen) atoms. The van der Waals surface area contributed by atoms with Gasteiger partial charge in [-0.15, -0.1) is 0 Å². The van der Waals surface area contributed by atoms with E-state index in [9.17, 15) is 14.4 Å². The standard InChI is InChI=1S/C19H27NO6/c1-14(2)13-24-18(23)25-16(21)12-20(17(22)26-19(3,4)5)11-15-9-7-6-8-10-15/h6-10,14H,11-13H2,1-5H3. The number of amides is 1. The van der Waals surface area contributed by atoms with Crippen molar-refractivity contribution in [1.29, 1.82) is 0 Å². The minimum Gasteiger partial charge on any atom is -0.444 e. The van der Waals surface area contributed by atoms with E-state index >= 15 is 0 Å². The van der Waals surface area contributed by atoms with Crippen molar-refractivity contribution >= 4 is 18.2 Å². The van der Waals surface area contributed by atoms with Crippen LogP contribution in [0.1, 0.15) is 40.2 Å². The number of esters is 1. The molecule has 0 aromatic heterocycles. The number of hydrogen-bond donors (Lipinski definition) is 0. The van der Waals surface area contributed by atoms with Gasteiger partial charge in [0.15, 0.2) is 0 Å². The summed E-state index contributed by atoms with van der Waals surface area (Å²) in [5.74, 6) is -0.769. The smallest absolute Gasteiger partial charge is 0.444 e. The Hall–Kier alpha value is -2.57. The molecule has 7 nitrogen and oxygen atoms in total. The van der Waals surface area contributed by atoms with E-state index in [0.717, 1.165) is 5.56 Å². The summed E-state index contributed by atoms with van der Waals surface area (Å²) in [5.41, 5.74) is 0.0973. The second kappa shape index (κ2) is 9.79. The van der Waals surface area contributed by atoms with Gasteiger partial charge in [-0.25, -0.2) is 14.4 Å². The Morgan fingerprint density at radius 2 is 1.69 bits per heavy atom. The average Bonchev–Trinajstić information content (AvgIpc) is 2.51. The van der Waals surface area contributed by atoms with Crippen LogP contribution >= 0.6 is 0 Å². The molecule has 0 radical (unpaired) electrons. The van der Waals surface area contributed by atoms with Crippen LogP contribution in [0.2, 0.25) is 0 Å². The van der Waals surface area contributed by atoms with Gasteiger partial charge in [0.25, 0.3) is 0 Å². The maximum atomic E-state index is 12.4. The van der Waals surface area contributed by atoms with Gasteiger partial charge >= 0.3 is 18.2 Å². The summed E-state index contributed by atoms with van der Waals surface area (Å²) in [4.78, 5) is 37.1. The van der Waals surface area contributed by atoms with Gasteiger partial charge in [-0.05, 0) is 32.3 Å². The summed E-state index contributed by atoms with van der Waals surface area (Å²) in [6, 6.07) is 9.13. The van der Waals surface area contributed by atoms with Crippen molar-refractivity contribution in [3.8, 4) is 0 Å². The van der Waals surface area contributed by atoms with Crippen molar-refractivity contribution in [3.63, 3.8) is 0 Å². The number of carbonyl (C=O) groups is 3. The van der Waals surface area contributed by atoms with E-state index in [1.807, 2.05) is 44.2 Å². The van der Waals surface area contributed by atoms with Crippen molar-refractivity contribution in [3.05, 3.63) is 35.9 Å². The molecule has 0 N–H and O–H groups in total. The normalized spacial score (nSPS) is 11.0. The van der Waals surface area contributed by atoms with E-state index in [0.29, 0.717) is 0 Å². The predicted molar refractivity (Wildman–Crippen MR) is 95.4 cm³/mol. The molecule has 1 rings (SSSR count). The average molecular weight is 365 g/mol. The number of benzene rings is 1. The van der Waals surface area contributed by atoms with Crippen molar-refractivity contribution in [1.82, 2.24) is 4.90 Å². The molecule has 0 heterocycles. The quantitative estimate of drug-likeness (QED) is 0.564. The summed E-state index contributed by atoms with van der Waals surface area (Å²) in [6.45, 7) is 8.77. The van der Waals surface area contributed by atoms with Gasteiger partial charge in [0, 0.05) is 6.54 Å². The van der Waals surface area contributed by atoms with Crippen LogP contribution in [-0.2, 0) is 25.5 Å². The number of hydrogen-bond acceptors (Lipinski definition) is 6. The molecule has 1 amide bonds. The Balaban J connectivity index is 2.73. The lowest BCUT2D eigenvalue weighted by molar-refractivity contribution is -0.141. The highest BCUT2D eigenvalue weighted by molar-refractivity contribution is 5.85. The zero-order valence-electron chi connectivity index (χ0n) is 16.0. The summed E-state index contributed by atoms with van der Waals surface area (Å²) < 4.78 is 14.7. The third kappa shape index (κ3) is 9.05. The highest BCUT2D eigenvalue weighted by atomic mass is 16.7. The van der Waals surface area contributed by atoms with Crippen molar-refractivity contribution in [2.75, 3.05) is 13.2 Å². The van der Waals surface area contributed by atoms with Gasteiger partial charge in [0.2, 0.25) is 0 Å². The maximum Gasteiger partial charge on any atom is 0.516 e. The first-order valence-electron chi connectivity index (χ1n) is 8.46. The van der Waals surface area contributed by atoms with E-state index in [1.54, 1.807) is 20.8 Å². The molecular formula is C19H27NO6. The molecule has 0 aliphatic carbocycles. The Kier molecular flexibility index (Phi) is 8.09. The van der Waals surface area contributed by atoms with E-state index < -0.39 is 30.4 Å². The minimum absolute atomic E-state index is 0.119. The van der Waals surface area contributed by atoms with Gasteiger partial charge in [-0.1, -0.05) is 44.2 Å². The van der Waals surface area contributed by atoms with Gasteiger partial charge in [0.1, 0.15) is 12.1 Å². The fourth-order valence-electron chi connectivity index (χ4n) is 1.86. The van der Waals surface area contributed by atoms with E-state index in [2.05, 4.69) is 4.74 Å². The van der Waals surface area contributed by atoms with Gasteiger partial charge < -0.3 is 14.2 Å². The molecule has 1 aromatic carbocycles. The van der Waals surface area contributed by atoms with Crippen molar-refractivity contribution in [2.24, 2.45) is 5.92 Å². The Labute approximate surface area is 154 Å². The molecule has 0 fully saturated rings. The molecule has 7 heteroatoms. The molecule has 0 unspecified atom stereocenters. The van der Waals surface area contributed by atoms with Gasteiger partial charge in [0.05, 0.1) is 6.61 Å². The Morgan fingerprint density at radius 1 is 1.08 bits per heavy atom. The van der Waals surface area contributed by atoms with Gasteiger partial charge in [-0.3, -0.25) is 4.90 Å². The lowest BCUT2D eigenvalue weighted by Gasteiger charge is -2.26. The Morgan fingerprint density at radius 3 is 2.23 bits per heavy atom. The van der Waals surface area contributed by atoms with Crippen LogP contribution in [0, 0.1) is 5.92 Å². The molecule has 0 aliphatic rings. The zero-order chi connectivity index (χ0) is 19.7. The number of ether oxygens (including phenoxy) is 3. The molecule has 144 valence electrons. The Bertz CT molecular complexity index is 606. The molecular weight excluding hydrogens is 338 g/mol. The zero-order valence-corrected chi connectivity index (χ0v) is 16.0. The van der Waals surface area contributed by atoms with Crippen LogP contribution in [0.25, 0.3) is 0 Å². The summed E-state index contributed by atoms with van der Waals surface area (Å²) in [7, 11) is 0. The minimum atomic E-state index is -1.08. The number of nitrogens with zero attached hydrogens (tertiary/aromatic N) is 1. The fraction of sp³-hybridized carbons (Fsp3) is 0.526. The van der Waals surface area contributed by atoms with Crippen LogP contribution in [0.4, 0.5) is 9.59 Å². The number of rotatable bonds is 6. The van der Waals surface area contributed by atoms with E-state index in [-0.39, 0.29) is 19.1 Å². The summed E-state index contributed by atoms with van der Waals surface area (Å²) in [5, 5.41) is 0. The molecule has 0 aliphatic heterocycles. The maximum absolute atomic E-state index is 12.4. The van der Waals surface area contributed by atoms with Crippen LogP contribution in [-0.4, -0.2) is 41.9 Å². The van der Waals surface area contributed by atoms with Gasteiger partial charge in [-0.2, -0.15) is 0 Å². The molecule has 0 atom stereocenters. The van der Waals surface area contributed by atoms with Crippen LogP contribution in [0.15, 0.2) is 30.3 Å². The molecule has 0 saturated heterocycles. The van der Waals surface area contributed by atoms with Crippen LogP contribution in [0.3, 0.4) is 0 Å². The third-order valence-corrected chi connectivity index (χ3v) is 2.92. The summed E-state index contributed by atoms with van der Waals surface area (Å²) >= 11 is 0. The topological polar surface area (TPSA) is 82.1 Å². The molecule has 0 saturated carbocycles. The predicted octanol–water partition coefficient (Wildman–Crippen LogP) is 3.76. The SMILES string of the molecule is CC(C)COC(=O)OC(=O)CN(Cc1ccccc1)C(=O)OC(C)(C)C. The lowest BCUT2D eigenvalue weighted by Crippen LogP contribution is -2.40. The van der Waals surface area contributed by atoms with Crippen LogP contribution in [0.5, 0.6) is 0 Å². The van der Waals surface area contributed by atoms with E-state index in [1.165, 1.54) is 4.90 Å². The fourth-order valence-corrected chi connectivity index (χ4v) is 1.86. The molecule has 0 spiro atoms. The first-order chi connectivity index (χ1) is 12.1. The second-order valence-corrected chi connectivity index (χ2v) is 7.25. The van der Waals surface area contributed by atoms with Crippen molar-refractivity contribution < 1.29 is 28.6 Å². The summed E-state index contributed by atoms with van der Waals surface area (Å²) in [6.07, 6.45) is -1.75. The van der Waals surface area contributed by atoms with Crippen molar-refractivity contribution in [2.45, 2.75) is 46.8 Å². The van der Waals surface area contributed by atoms with E-state index in [4.69, 9.17) is 9.47 Å². The highest BCUT2D eigenvalue weighted by Crippen LogP contribution is 2.13. The first kappa shape index (κ1) is 21.5. The molecule has 1 aromatic rings. The van der Waals surface area contributed by atoms with Crippen LogP contribution < -0.4 is 0 Å². The second-order valence-electron chi connectivity index (χ2n) is 7.25. The third-order valence-electron chi connectivity index (χ3n) is 2.92. The first-order valence-corrected chi connectivity index (χ1v) is 8.46. The largest absolute Gasteiger partial charge is 0.516 e. The molecule has 0 bridgehead atoms. The monoisotopic (exact) mass is 365 g/mol. The number of carbonyl (C=O) groups excluding carboxylic acids is 3. The highest BCUT2D eigenvalue weighted by Gasteiger charge is 2.26. The lowest BCUT2D eigenvalue weighted by atomic mass is 10.2.